The van der Waals surface area contributed by atoms with E-state index < -0.39 is 0 Å². The van der Waals surface area contributed by atoms with E-state index in [9.17, 15) is 4.79 Å². The van der Waals surface area contributed by atoms with E-state index in [1.807, 2.05) is 0 Å². The smallest absolute Gasteiger partial charge is 0.225 e. The first-order valence-electron chi connectivity index (χ1n) is 6.77. The Hall–Kier alpha value is -1.49. The zero-order chi connectivity index (χ0) is 13.5. The lowest BCUT2D eigenvalue weighted by Gasteiger charge is -2.31. The minimum absolute atomic E-state index is 0.000710. The molecule has 0 unspecified atom stereocenters. The molecule has 5 heteroatoms. The number of hydrogen-bond acceptors (Lipinski definition) is 5. The van der Waals surface area contributed by atoms with Gasteiger partial charge in [-0.3, -0.25) is 4.79 Å². The molecule has 1 aliphatic heterocycles. The molecule has 3 rings (SSSR count). The van der Waals surface area contributed by atoms with Crippen LogP contribution in [0.5, 0.6) is 0 Å². The van der Waals surface area contributed by atoms with Crippen molar-refractivity contribution in [1.82, 2.24) is 9.97 Å². The largest absolute Gasteiger partial charge is 0.378 e. The highest BCUT2D eigenvalue weighted by Gasteiger charge is 2.32. The molecule has 0 spiro atoms. The summed E-state index contributed by atoms with van der Waals surface area (Å²) in [5.41, 5.74) is 1.61. The van der Waals surface area contributed by atoms with Crippen LogP contribution >= 0.6 is 0 Å². The number of hydrogen-bond donors (Lipinski definition) is 0. The molecule has 0 N–H and O–H groups in total. The molecule has 102 valence electrons. The highest BCUT2D eigenvalue weighted by atomic mass is 16.5. The van der Waals surface area contributed by atoms with E-state index in [1.54, 1.807) is 6.20 Å². The van der Waals surface area contributed by atoms with E-state index in [4.69, 9.17) is 4.74 Å². The van der Waals surface area contributed by atoms with Crippen LogP contribution in [0.1, 0.15) is 36.3 Å². The molecular weight excluding hydrogens is 242 g/mol. The van der Waals surface area contributed by atoms with Crippen LogP contribution in [0.25, 0.3) is 0 Å². The lowest BCUT2D eigenvalue weighted by molar-refractivity contribution is 0.0909. The fourth-order valence-electron chi connectivity index (χ4n) is 2.74. The van der Waals surface area contributed by atoms with Gasteiger partial charge in [-0.15, -0.1) is 0 Å². The molecule has 1 aliphatic carbocycles. The maximum Gasteiger partial charge on any atom is 0.225 e. The molecule has 0 radical (unpaired) electrons. The summed E-state index contributed by atoms with van der Waals surface area (Å²) in [5, 5.41) is 0. The van der Waals surface area contributed by atoms with E-state index in [-0.39, 0.29) is 11.2 Å². The summed E-state index contributed by atoms with van der Waals surface area (Å²) in [4.78, 5) is 23.2. The van der Waals surface area contributed by atoms with Crippen molar-refractivity contribution >= 4 is 11.7 Å². The Bertz CT molecular complexity index is 507. The summed E-state index contributed by atoms with van der Waals surface area (Å²) in [7, 11) is 0. The van der Waals surface area contributed by atoms with Gasteiger partial charge in [0.1, 0.15) is 0 Å². The fourth-order valence-corrected chi connectivity index (χ4v) is 2.74. The van der Waals surface area contributed by atoms with Gasteiger partial charge < -0.3 is 9.64 Å². The van der Waals surface area contributed by atoms with Crippen molar-refractivity contribution < 1.29 is 9.53 Å². The van der Waals surface area contributed by atoms with Crippen LogP contribution in [0.3, 0.4) is 0 Å². The lowest BCUT2D eigenvalue weighted by atomic mass is 9.76. The molecule has 2 heterocycles. The van der Waals surface area contributed by atoms with E-state index in [0.717, 1.165) is 31.2 Å². The van der Waals surface area contributed by atoms with Gasteiger partial charge in [-0.05, 0) is 11.8 Å². The van der Waals surface area contributed by atoms with Crippen molar-refractivity contribution in [3.05, 3.63) is 17.5 Å². The summed E-state index contributed by atoms with van der Waals surface area (Å²) in [6.07, 6.45) is 3.12. The molecule has 0 saturated carbocycles. The van der Waals surface area contributed by atoms with Crippen molar-refractivity contribution in [2.75, 3.05) is 31.2 Å². The predicted molar refractivity (Wildman–Crippen MR) is 71.5 cm³/mol. The molecule has 0 bridgehead atoms. The quantitative estimate of drug-likeness (QED) is 0.766. The number of ether oxygens (including phenoxy) is 1. The van der Waals surface area contributed by atoms with Crippen molar-refractivity contribution in [3.63, 3.8) is 0 Å². The highest BCUT2D eigenvalue weighted by Crippen LogP contribution is 2.34. The van der Waals surface area contributed by atoms with Crippen LogP contribution in [0.15, 0.2) is 6.20 Å². The number of carbonyl (C=O) groups excluding carboxylic acids is 1. The Balaban J connectivity index is 1.92. The van der Waals surface area contributed by atoms with Gasteiger partial charge in [0.05, 0.1) is 24.5 Å². The maximum atomic E-state index is 12.1. The number of anilines is 1. The van der Waals surface area contributed by atoms with Crippen LogP contribution < -0.4 is 4.90 Å². The number of rotatable bonds is 1. The first kappa shape index (κ1) is 12.5. The number of ketones is 1. The fraction of sp³-hybridized carbons (Fsp3) is 0.643. The van der Waals surface area contributed by atoms with Gasteiger partial charge in [-0.25, -0.2) is 9.97 Å². The average molecular weight is 261 g/mol. The SMILES string of the molecule is CC1(C)CC(=O)c2cnc(N3CCOCC3)nc2C1. The van der Waals surface area contributed by atoms with Crippen LogP contribution in [0.4, 0.5) is 5.95 Å². The maximum absolute atomic E-state index is 12.1. The minimum Gasteiger partial charge on any atom is -0.378 e. The second kappa shape index (κ2) is 4.56. The number of carbonyl (C=O) groups is 1. The summed E-state index contributed by atoms with van der Waals surface area (Å²) < 4.78 is 5.33. The number of fused-ring (bicyclic) bond motifs is 1. The van der Waals surface area contributed by atoms with E-state index >= 15 is 0 Å². The minimum atomic E-state index is 0.000710. The molecule has 0 amide bonds. The van der Waals surface area contributed by atoms with Crippen molar-refractivity contribution in [2.24, 2.45) is 5.41 Å². The first-order chi connectivity index (χ1) is 9.05. The number of aromatic nitrogens is 2. The lowest BCUT2D eigenvalue weighted by Crippen LogP contribution is -2.38. The number of morpholine rings is 1. The molecule has 0 aromatic carbocycles. The molecule has 19 heavy (non-hydrogen) atoms. The predicted octanol–water partition coefficient (Wildman–Crippen LogP) is 1.47. The van der Waals surface area contributed by atoms with Crippen molar-refractivity contribution in [2.45, 2.75) is 26.7 Å². The van der Waals surface area contributed by atoms with Crippen LogP contribution in [-0.2, 0) is 11.2 Å². The molecule has 2 aliphatic rings. The molecule has 0 atom stereocenters. The standard InChI is InChI=1S/C14H19N3O2/c1-14(2)7-11-10(12(18)8-14)9-15-13(16-11)17-3-5-19-6-4-17/h9H,3-8H2,1-2H3. The highest BCUT2D eigenvalue weighted by molar-refractivity contribution is 5.98. The molecule has 5 nitrogen and oxygen atoms in total. The van der Waals surface area contributed by atoms with Gasteiger partial charge in [0.25, 0.3) is 0 Å². The molecular formula is C14H19N3O2. The van der Waals surface area contributed by atoms with Gasteiger partial charge >= 0.3 is 0 Å². The molecule has 1 saturated heterocycles. The van der Waals surface area contributed by atoms with Crippen LogP contribution in [0.2, 0.25) is 0 Å². The van der Waals surface area contributed by atoms with Crippen molar-refractivity contribution in [1.29, 1.82) is 0 Å². The van der Waals surface area contributed by atoms with Crippen molar-refractivity contribution in [3.8, 4) is 0 Å². The Kier molecular flexibility index (Phi) is 3.01. The third-order valence-corrected chi connectivity index (χ3v) is 3.73. The zero-order valence-corrected chi connectivity index (χ0v) is 11.5. The summed E-state index contributed by atoms with van der Waals surface area (Å²) in [6, 6.07) is 0. The molecule has 1 aromatic heterocycles. The van der Waals surface area contributed by atoms with Crippen LogP contribution in [-0.4, -0.2) is 42.1 Å². The Morgan fingerprint density at radius 1 is 1.26 bits per heavy atom. The number of nitrogens with zero attached hydrogens (tertiary/aromatic N) is 3. The van der Waals surface area contributed by atoms with E-state index in [0.29, 0.717) is 25.2 Å². The summed E-state index contributed by atoms with van der Waals surface area (Å²) in [6.45, 7) is 7.29. The summed E-state index contributed by atoms with van der Waals surface area (Å²) >= 11 is 0. The van der Waals surface area contributed by atoms with Crippen LogP contribution in [0, 0.1) is 5.41 Å². The van der Waals surface area contributed by atoms with Gasteiger partial charge in [0.2, 0.25) is 5.95 Å². The zero-order valence-electron chi connectivity index (χ0n) is 11.5. The number of Topliss-reactive ketones (excluding diaryl/α,β-unsaturated/α-hetero) is 1. The van der Waals surface area contributed by atoms with E-state index in [2.05, 4.69) is 28.7 Å². The Morgan fingerprint density at radius 2 is 2.00 bits per heavy atom. The molecule has 1 aromatic rings. The van der Waals surface area contributed by atoms with Gasteiger partial charge in [-0.1, -0.05) is 13.8 Å². The Morgan fingerprint density at radius 3 is 2.74 bits per heavy atom. The Labute approximate surface area is 113 Å². The van der Waals surface area contributed by atoms with Gasteiger partial charge in [-0.2, -0.15) is 0 Å². The molecule has 1 fully saturated rings. The van der Waals surface area contributed by atoms with E-state index in [1.165, 1.54) is 0 Å². The topological polar surface area (TPSA) is 55.3 Å². The average Bonchev–Trinajstić information content (AvgIpc) is 2.37. The normalized spacial score (nSPS) is 22.2. The monoisotopic (exact) mass is 261 g/mol. The third kappa shape index (κ3) is 2.47. The second-order valence-corrected chi connectivity index (χ2v) is 6.07. The first-order valence-corrected chi connectivity index (χ1v) is 6.77. The third-order valence-electron chi connectivity index (χ3n) is 3.73. The second-order valence-electron chi connectivity index (χ2n) is 6.07. The van der Waals surface area contributed by atoms with Gasteiger partial charge in [0, 0.05) is 25.7 Å². The van der Waals surface area contributed by atoms with Gasteiger partial charge in [0.15, 0.2) is 5.78 Å². The summed E-state index contributed by atoms with van der Waals surface area (Å²) in [5.74, 6) is 0.896.